The Morgan fingerprint density at radius 1 is 0.875 bits per heavy atom. The average molecular weight is 354 g/mol. The summed E-state index contributed by atoms with van der Waals surface area (Å²) < 4.78 is 1.63. The molecule has 0 aliphatic heterocycles. The van der Waals surface area contributed by atoms with Gasteiger partial charge in [-0.25, -0.2) is 0 Å². The Morgan fingerprint density at radius 3 is 1.38 bits per heavy atom. The van der Waals surface area contributed by atoms with Crippen LogP contribution in [0, 0.1) is 0 Å². The predicted octanol–water partition coefficient (Wildman–Crippen LogP) is 6.10. The molecule has 0 spiro atoms. The zero-order valence-electron chi connectivity index (χ0n) is 11.0. The zero-order valence-corrected chi connectivity index (χ0v) is 14.1. The number of carbonyl (C=O) groups is 1. The van der Waals surface area contributed by atoms with E-state index in [-0.39, 0.29) is 0 Å². The van der Waals surface area contributed by atoms with Gasteiger partial charge in [0.05, 0.1) is 0 Å². The summed E-state index contributed by atoms with van der Waals surface area (Å²) in [6.07, 6.45) is 0.814. The van der Waals surface area contributed by atoms with Gasteiger partial charge in [0.25, 0.3) is 0 Å². The normalized spacial score (nSPS) is 7.00. The molecule has 0 heterocycles. The van der Waals surface area contributed by atoms with E-state index in [1.54, 1.807) is 0 Å². The highest BCUT2D eigenvalue weighted by Crippen LogP contribution is 2.22. The Balaban J connectivity index is -0.000000245. The second kappa shape index (κ2) is 17.3. The van der Waals surface area contributed by atoms with Gasteiger partial charge >= 0.3 is 0 Å². The summed E-state index contributed by atoms with van der Waals surface area (Å²) in [6, 6.07) is 5.52. The van der Waals surface area contributed by atoms with Gasteiger partial charge in [-0.15, -0.1) is 0 Å². The van der Waals surface area contributed by atoms with Crippen molar-refractivity contribution in [3.63, 3.8) is 0 Å². The van der Waals surface area contributed by atoms with E-state index in [4.69, 9.17) is 0 Å². The molecular formula is C13H22Br2O. The van der Waals surface area contributed by atoms with Crippen LogP contribution in [0.3, 0.4) is 0 Å². The summed E-state index contributed by atoms with van der Waals surface area (Å²) in [7, 11) is 0. The number of halogens is 2. The van der Waals surface area contributed by atoms with E-state index in [0.29, 0.717) is 5.56 Å². The Bertz CT molecular complexity index is 240. The second-order valence-electron chi connectivity index (χ2n) is 1.75. The van der Waals surface area contributed by atoms with Crippen molar-refractivity contribution in [1.82, 2.24) is 0 Å². The largest absolute Gasteiger partial charge is 0.298 e. The van der Waals surface area contributed by atoms with E-state index < -0.39 is 0 Å². The monoisotopic (exact) mass is 352 g/mol. The van der Waals surface area contributed by atoms with Crippen molar-refractivity contribution in [2.75, 3.05) is 0 Å². The van der Waals surface area contributed by atoms with Gasteiger partial charge in [-0.05, 0) is 12.1 Å². The second-order valence-corrected chi connectivity index (χ2v) is 3.46. The molecule has 0 aliphatic rings. The molecule has 94 valence electrons. The SMILES string of the molecule is CC.CC.CC.O=Cc1c(Br)cccc1Br. The molecule has 0 saturated heterocycles. The predicted molar refractivity (Wildman–Crippen MR) is 81.3 cm³/mol. The van der Waals surface area contributed by atoms with Gasteiger partial charge in [-0.1, -0.05) is 79.5 Å². The van der Waals surface area contributed by atoms with Crippen LogP contribution in [-0.4, -0.2) is 6.29 Å². The summed E-state index contributed by atoms with van der Waals surface area (Å²) in [6.45, 7) is 12.0. The number of rotatable bonds is 1. The average Bonchev–Trinajstić information content (AvgIpc) is 2.37. The van der Waals surface area contributed by atoms with E-state index in [9.17, 15) is 4.79 Å². The number of carbonyl (C=O) groups excluding carboxylic acids is 1. The first-order chi connectivity index (χ1) is 7.75. The lowest BCUT2D eigenvalue weighted by Gasteiger charge is -1.96. The van der Waals surface area contributed by atoms with E-state index in [1.807, 2.05) is 59.7 Å². The molecule has 0 fully saturated rings. The fourth-order valence-electron chi connectivity index (χ4n) is 0.623. The van der Waals surface area contributed by atoms with Crippen LogP contribution in [0.25, 0.3) is 0 Å². The van der Waals surface area contributed by atoms with E-state index in [0.717, 1.165) is 15.2 Å². The van der Waals surface area contributed by atoms with E-state index in [1.165, 1.54) is 0 Å². The van der Waals surface area contributed by atoms with Crippen LogP contribution in [0.15, 0.2) is 27.1 Å². The molecule has 0 N–H and O–H groups in total. The van der Waals surface area contributed by atoms with Crippen LogP contribution >= 0.6 is 31.9 Å². The minimum atomic E-state index is 0.655. The minimum absolute atomic E-state index is 0.655. The molecule has 1 aromatic rings. The summed E-state index contributed by atoms with van der Waals surface area (Å²) >= 11 is 6.49. The quantitative estimate of drug-likeness (QED) is 0.557. The number of benzene rings is 1. The molecule has 0 aromatic heterocycles. The molecule has 0 amide bonds. The van der Waals surface area contributed by atoms with Crippen LogP contribution in [-0.2, 0) is 0 Å². The van der Waals surface area contributed by atoms with Gasteiger partial charge in [-0.3, -0.25) is 4.79 Å². The fourth-order valence-corrected chi connectivity index (χ4v) is 1.81. The van der Waals surface area contributed by atoms with Crippen molar-refractivity contribution >= 4 is 38.1 Å². The molecule has 0 aliphatic carbocycles. The maximum absolute atomic E-state index is 10.4. The highest BCUT2D eigenvalue weighted by atomic mass is 79.9. The Morgan fingerprint density at radius 2 is 1.19 bits per heavy atom. The Hall–Kier alpha value is -0.150. The van der Waals surface area contributed by atoms with Crippen molar-refractivity contribution in [2.45, 2.75) is 41.5 Å². The lowest BCUT2D eigenvalue weighted by Crippen LogP contribution is -1.82. The molecule has 0 unspecified atom stereocenters. The van der Waals surface area contributed by atoms with Crippen molar-refractivity contribution in [3.05, 3.63) is 32.7 Å². The van der Waals surface area contributed by atoms with Gasteiger partial charge in [0, 0.05) is 14.5 Å². The molecule has 1 rings (SSSR count). The van der Waals surface area contributed by atoms with Crippen LogP contribution in [0.2, 0.25) is 0 Å². The summed E-state index contributed by atoms with van der Waals surface area (Å²) in [5.74, 6) is 0. The highest BCUT2D eigenvalue weighted by Gasteiger charge is 2.00. The fraction of sp³-hybridized carbons (Fsp3) is 0.462. The van der Waals surface area contributed by atoms with E-state index >= 15 is 0 Å². The smallest absolute Gasteiger partial charge is 0.152 e. The van der Waals surface area contributed by atoms with Gasteiger partial charge in [0.1, 0.15) is 0 Å². The minimum Gasteiger partial charge on any atom is -0.298 e. The molecular weight excluding hydrogens is 332 g/mol. The number of hydrogen-bond donors (Lipinski definition) is 0. The topological polar surface area (TPSA) is 17.1 Å². The zero-order chi connectivity index (χ0) is 13.6. The van der Waals surface area contributed by atoms with Gasteiger partial charge in [-0.2, -0.15) is 0 Å². The summed E-state index contributed by atoms with van der Waals surface area (Å²) in [5.41, 5.74) is 0.655. The Labute approximate surface area is 117 Å². The molecule has 0 atom stereocenters. The first kappa shape index (κ1) is 21.2. The first-order valence-corrected chi connectivity index (χ1v) is 7.23. The van der Waals surface area contributed by atoms with Gasteiger partial charge in [0.2, 0.25) is 0 Å². The van der Waals surface area contributed by atoms with Crippen LogP contribution in [0.4, 0.5) is 0 Å². The summed E-state index contributed by atoms with van der Waals surface area (Å²) in [5, 5.41) is 0. The standard InChI is InChI=1S/C7H4Br2O.3C2H6/c8-6-2-1-3-7(9)5(6)4-10;3*1-2/h1-4H;3*1-2H3. The lowest BCUT2D eigenvalue weighted by molar-refractivity contribution is 0.112. The molecule has 1 nitrogen and oxygen atoms in total. The molecule has 0 bridgehead atoms. The first-order valence-electron chi connectivity index (χ1n) is 5.65. The molecule has 3 heteroatoms. The van der Waals surface area contributed by atoms with E-state index in [2.05, 4.69) is 31.9 Å². The van der Waals surface area contributed by atoms with Crippen LogP contribution in [0.5, 0.6) is 0 Å². The van der Waals surface area contributed by atoms with Crippen molar-refractivity contribution in [3.8, 4) is 0 Å². The van der Waals surface area contributed by atoms with Crippen molar-refractivity contribution in [2.24, 2.45) is 0 Å². The van der Waals surface area contributed by atoms with Crippen LogP contribution < -0.4 is 0 Å². The maximum Gasteiger partial charge on any atom is 0.152 e. The van der Waals surface area contributed by atoms with Gasteiger partial charge in [0.15, 0.2) is 6.29 Å². The molecule has 16 heavy (non-hydrogen) atoms. The summed E-state index contributed by atoms with van der Waals surface area (Å²) in [4.78, 5) is 10.4. The third-order valence-electron chi connectivity index (χ3n) is 1.12. The number of aldehydes is 1. The third kappa shape index (κ3) is 9.10. The van der Waals surface area contributed by atoms with Crippen LogP contribution in [0.1, 0.15) is 51.9 Å². The highest BCUT2D eigenvalue weighted by molar-refractivity contribution is 9.11. The van der Waals surface area contributed by atoms with Crippen molar-refractivity contribution in [1.29, 1.82) is 0 Å². The molecule has 0 saturated carbocycles. The van der Waals surface area contributed by atoms with Crippen molar-refractivity contribution < 1.29 is 4.79 Å². The lowest BCUT2D eigenvalue weighted by atomic mass is 10.2. The Kier molecular flexibility index (Phi) is 22.8. The van der Waals surface area contributed by atoms with Gasteiger partial charge < -0.3 is 0 Å². The maximum atomic E-state index is 10.4. The third-order valence-corrected chi connectivity index (χ3v) is 2.50. The number of hydrogen-bond acceptors (Lipinski definition) is 1. The molecule has 1 aromatic carbocycles. The molecule has 0 radical (unpaired) electrons.